The van der Waals surface area contributed by atoms with Crippen LogP contribution in [-0.2, 0) is 0 Å². The van der Waals surface area contributed by atoms with Crippen molar-refractivity contribution in [2.24, 2.45) is 5.41 Å². The Hall–Kier alpha value is -3.39. The van der Waals surface area contributed by atoms with E-state index in [9.17, 15) is 9.59 Å². The normalized spacial score (nSPS) is 11.7. The van der Waals surface area contributed by atoms with E-state index in [1.54, 1.807) is 43.9 Å². The largest absolute Gasteiger partial charge is 0.430 e. The molecule has 4 aromatic rings. The summed E-state index contributed by atoms with van der Waals surface area (Å²) in [6, 6.07) is 16.5. The summed E-state index contributed by atoms with van der Waals surface area (Å²) in [5.74, 6) is -0.306. The maximum atomic E-state index is 13.5. The number of pyridine rings is 1. The van der Waals surface area contributed by atoms with Crippen LogP contribution in [0, 0.1) is 5.41 Å². The number of halogens is 2. The maximum Gasteiger partial charge on any atom is 0.415 e. The number of hydrogen-bond acceptors (Lipinski definition) is 6. The second-order valence-electron chi connectivity index (χ2n) is 10.8. The number of amides is 1. The average Bonchev–Trinajstić information content (AvgIpc) is 3.24. The van der Waals surface area contributed by atoms with Crippen LogP contribution in [0.4, 0.5) is 4.79 Å². The molecule has 0 spiro atoms. The van der Waals surface area contributed by atoms with Crippen LogP contribution < -0.4 is 4.74 Å². The van der Waals surface area contributed by atoms with E-state index in [-0.39, 0.29) is 23.0 Å². The number of likely N-dealkylation sites (N-methyl/N-ethyl adjacent to an activating group) is 2. The van der Waals surface area contributed by atoms with Crippen LogP contribution in [0.2, 0.25) is 10.0 Å². The second-order valence-corrected chi connectivity index (χ2v) is 11.7. The lowest BCUT2D eigenvalue weighted by Gasteiger charge is -2.22. The number of carbonyl (C=O) groups is 2. The van der Waals surface area contributed by atoms with Gasteiger partial charge in [0.25, 0.3) is 0 Å². The molecule has 0 radical (unpaired) electrons. The molecule has 0 unspecified atom stereocenters. The van der Waals surface area contributed by atoms with Gasteiger partial charge in [-0.3, -0.25) is 4.79 Å². The van der Waals surface area contributed by atoms with Crippen molar-refractivity contribution in [1.82, 2.24) is 14.8 Å². The smallest absolute Gasteiger partial charge is 0.415 e. The molecule has 0 saturated heterocycles. The minimum atomic E-state index is -0.797. The number of ether oxygens (including phenoxy) is 1. The average molecular weight is 583 g/mol. The zero-order valence-electron chi connectivity index (χ0n) is 23.5. The second kappa shape index (κ2) is 12.0. The van der Waals surface area contributed by atoms with Crippen molar-refractivity contribution in [2.45, 2.75) is 27.7 Å². The summed E-state index contributed by atoms with van der Waals surface area (Å²) in [5, 5.41) is 1.50. The summed E-state index contributed by atoms with van der Waals surface area (Å²) in [5.41, 5.74) is 2.15. The van der Waals surface area contributed by atoms with E-state index >= 15 is 0 Å². The molecule has 2 heterocycles. The zero-order valence-corrected chi connectivity index (χ0v) is 25.1. The molecule has 0 aliphatic heterocycles. The van der Waals surface area contributed by atoms with Gasteiger partial charge < -0.3 is 19.0 Å². The highest BCUT2D eigenvalue weighted by molar-refractivity contribution is 6.33. The number of fused-ring (bicyclic) bond motifs is 1. The van der Waals surface area contributed by atoms with Crippen LogP contribution in [-0.4, -0.2) is 60.4 Å². The molecule has 4 rings (SSSR count). The number of ketones is 1. The molecule has 0 bridgehead atoms. The number of carbonyl (C=O) groups excluding carboxylic acids is 2. The van der Waals surface area contributed by atoms with Crippen molar-refractivity contribution in [3.63, 3.8) is 0 Å². The molecule has 0 aliphatic rings. The Labute approximate surface area is 244 Å². The van der Waals surface area contributed by atoms with Crippen molar-refractivity contribution in [2.75, 3.05) is 33.7 Å². The maximum absolute atomic E-state index is 13.5. The third kappa shape index (κ3) is 6.33. The summed E-state index contributed by atoms with van der Waals surface area (Å²) < 4.78 is 12.0. The molecule has 0 saturated carbocycles. The number of rotatable bonds is 8. The molecule has 40 heavy (non-hydrogen) atoms. The van der Waals surface area contributed by atoms with Crippen molar-refractivity contribution in [3.05, 3.63) is 70.4 Å². The summed E-state index contributed by atoms with van der Waals surface area (Å²) >= 11 is 12.8. The minimum absolute atomic E-state index is 0.0506. The molecule has 2 aromatic heterocycles. The van der Waals surface area contributed by atoms with Gasteiger partial charge in [0, 0.05) is 46.2 Å². The number of aromatic nitrogens is 1. The molecular weight excluding hydrogens is 549 g/mol. The minimum Gasteiger partial charge on any atom is -0.430 e. The molecule has 0 fully saturated rings. The van der Waals surface area contributed by atoms with Gasteiger partial charge in [-0.15, -0.1) is 0 Å². The number of furan rings is 1. The van der Waals surface area contributed by atoms with Gasteiger partial charge in [-0.05, 0) is 50.8 Å². The molecule has 2 aromatic carbocycles. The predicted octanol–water partition coefficient (Wildman–Crippen LogP) is 8.08. The number of benzene rings is 2. The Kier molecular flexibility index (Phi) is 8.88. The van der Waals surface area contributed by atoms with Gasteiger partial charge in [0.1, 0.15) is 0 Å². The molecule has 0 aliphatic carbocycles. The topological polar surface area (TPSA) is 75.9 Å². The monoisotopic (exact) mass is 581 g/mol. The van der Waals surface area contributed by atoms with E-state index in [1.165, 1.54) is 0 Å². The first-order valence-electron chi connectivity index (χ1n) is 13.0. The van der Waals surface area contributed by atoms with Crippen molar-refractivity contribution in [3.8, 4) is 28.1 Å². The Morgan fingerprint density at radius 3 is 2.25 bits per heavy atom. The van der Waals surface area contributed by atoms with Gasteiger partial charge in [0.15, 0.2) is 5.75 Å². The lowest BCUT2D eigenvalue weighted by Crippen LogP contribution is -2.38. The lowest BCUT2D eigenvalue weighted by atomic mass is 9.89. The molecule has 0 atom stereocenters. The summed E-state index contributed by atoms with van der Waals surface area (Å²) in [6.07, 6.45) is -0.571. The van der Waals surface area contributed by atoms with Gasteiger partial charge in [-0.1, -0.05) is 74.3 Å². The molecular formula is C31H33Cl2N3O4. The van der Waals surface area contributed by atoms with E-state index < -0.39 is 11.5 Å². The summed E-state index contributed by atoms with van der Waals surface area (Å²) in [4.78, 5) is 35.2. The van der Waals surface area contributed by atoms with Crippen LogP contribution in [0.25, 0.3) is 33.5 Å². The number of hydrogen-bond donors (Lipinski definition) is 0. The fourth-order valence-electron chi connectivity index (χ4n) is 4.15. The van der Waals surface area contributed by atoms with Gasteiger partial charge in [-0.25, -0.2) is 9.78 Å². The Morgan fingerprint density at radius 2 is 1.65 bits per heavy atom. The first-order valence-corrected chi connectivity index (χ1v) is 13.8. The summed E-state index contributed by atoms with van der Waals surface area (Å²) in [7, 11) is 3.87. The van der Waals surface area contributed by atoms with Crippen LogP contribution >= 0.6 is 23.2 Å². The Balaban J connectivity index is 1.96. The number of Topliss-reactive ketones (excluding diaryl/α,β-unsaturated/α-hetero) is 1. The predicted molar refractivity (Wildman–Crippen MR) is 161 cm³/mol. The molecule has 210 valence electrons. The Morgan fingerprint density at radius 1 is 0.975 bits per heavy atom. The van der Waals surface area contributed by atoms with E-state index in [1.807, 2.05) is 62.3 Å². The van der Waals surface area contributed by atoms with E-state index in [4.69, 9.17) is 37.3 Å². The third-order valence-electron chi connectivity index (χ3n) is 6.46. The van der Waals surface area contributed by atoms with Crippen LogP contribution in [0.1, 0.15) is 38.2 Å². The van der Waals surface area contributed by atoms with Crippen LogP contribution in [0.15, 0.2) is 59.0 Å². The van der Waals surface area contributed by atoms with E-state index in [0.29, 0.717) is 51.9 Å². The highest BCUT2D eigenvalue weighted by Gasteiger charge is 2.34. The lowest BCUT2D eigenvalue weighted by molar-refractivity contribution is 0.0825. The highest BCUT2D eigenvalue weighted by atomic mass is 35.5. The summed E-state index contributed by atoms with van der Waals surface area (Å²) in [6.45, 7) is 8.79. The van der Waals surface area contributed by atoms with E-state index in [0.717, 1.165) is 5.56 Å². The zero-order chi connectivity index (χ0) is 29.2. The fourth-order valence-corrected chi connectivity index (χ4v) is 4.50. The van der Waals surface area contributed by atoms with Crippen LogP contribution in [0.5, 0.6) is 5.75 Å². The van der Waals surface area contributed by atoms with Gasteiger partial charge in [-0.2, -0.15) is 0 Å². The quantitative estimate of drug-likeness (QED) is 0.196. The number of nitrogens with zero attached hydrogens (tertiary/aromatic N) is 3. The SMILES string of the molecule is CCN(CCN(C)C)C(=O)Oc1c(C(=O)C(C)(C)C)oc2nc(-c3ccccc3Cl)c(-c3ccc(Cl)cc3)cc12. The third-order valence-corrected chi connectivity index (χ3v) is 7.04. The highest BCUT2D eigenvalue weighted by Crippen LogP contribution is 2.42. The van der Waals surface area contributed by atoms with Gasteiger partial charge in [0.05, 0.1) is 11.1 Å². The van der Waals surface area contributed by atoms with Crippen LogP contribution in [0.3, 0.4) is 0 Å². The van der Waals surface area contributed by atoms with Crippen molar-refractivity contribution in [1.29, 1.82) is 0 Å². The first-order chi connectivity index (χ1) is 18.9. The standard InChI is InChI=1S/C31H33Cl2N3O4/c1-7-36(17-16-35(5)6)30(38)40-26-23-18-22(19-12-14-20(32)15-13-19)25(21-10-8-9-11-24(21)33)34-29(23)39-27(26)28(37)31(2,3)4/h8-15,18H,7,16-17H2,1-6H3. The fraction of sp³-hybridized carbons (Fsp3) is 0.323. The van der Waals surface area contributed by atoms with Crippen molar-refractivity contribution < 1.29 is 18.7 Å². The Bertz CT molecular complexity index is 1540. The first kappa shape index (κ1) is 29.6. The molecule has 1 amide bonds. The van der Waals surface area contributed by atoms with Gasteiger partial charge >= 0.3 is 6.09 Å². The molecule has 0 N–H and O–H groups in total. The van der Waals surface area contributed by atoms with Crippen molar-refractivity contribution >= 4 is 46.2 Å². The molecule has 9 heteroatoms. The van der Waals surface area contributed by atoms with Gasteiger partial charge in [0.2, 0.25) is 17.3 Å². The van der Waals surface area contributed by atoms with E-state index in [2.05, 4.69) is 0 Å². The molecule has 7 nitrogen and oxygen atoms in total.